The summed E-state index contributed by atoms with van der Waals surface area (Å²) in [6, 6.07) is 0. The van der Waals surface area contributed by atoms with E-state index in [0.29, 0.717) is 16.7 Å². The van der Waals surface area contributed by atoms with Gasteiger partial charge >= 0.3 is 0 Å². The van der Waals surface area contributed by atoms with Crippen LogP contribution in [-0.4, -0.2) is 19.0 Å². The average Bonchev–Trinajstić information content (AvgIpc) is 2.29. The normalized spacial score (nSPS) is 45.6. The van der Waals surface area contributed by atoms with E-state index in [1.807, 2.05) is 0 Å². The number of carbonyl (C=O) groups excluding carboxylic acids is 1. The zero-order valence-electron chi connectivity index (χ0n) is 13.1. The van der Waals surface area contributed by atoms with Gasteiger partial charge in [-0.2, -0.15) is 0 Å². The van der Waals surface area contributed by atoms with Gasteiger partial charge in [0.25, 0.3) is 0 Å². The molecule has 0 aliphatic heterocycles. The Morgan fingerprint density at radius 1 is 1.10 bits per heavy atom. The van der Waals surface area contributed by atoms with Gasteiger partial charge in [0, 0.05) is 6.54 Å². The van der Waals surface area contributed by atoms with Crippen molar-refractivity contribution in [3.05, 3.63) is 0 Å². The number of rotatable bonds is 5. The van der Waals surface area contributed by atoms with E-state index in [4.69, 9.17) is 5.73 Å². The fourth-order valence-electron chi connectivity index (χ4n) is 6.36. The van der Waals surface area contributed by atoms with Gasteiger partial charge in [0.05, 0.1) is 5.41 Å². The molecule has 0 aromatic rings. The lowest BCUT2D eigenvalue weighted by atomic mass is 9.40. The van der Waals surface area contributed by atoms with Gasteiger partial charge in [0.15, 0.2) is 0 Å². The highest BCUT2D eigenvalue weighted by molar-refractivity contribution is 5.83. The van der Waals surface area contributed by atoms with Crippen LogP contribution in [0.5, 0.6) is 0 Å². The number of hydrogen-bond acceptors (Lipinski definition) is 2. The molecule has 4 bridgehead atoms. The van der Waals surface area contributed by atoms with Gasteiger partial charge in [0.1, 0.15) is 0 Å². The van der Waals surface area contributed by atoms with Crippen LogP contribution in [0.15, 0.2) is 0 Å². The van der Waals surface area contributed by atoms with Crippen LogP contribution in [-0.2, 0) is 4.79 Å². The molecule has 3 nitrogen and oxygen atoms in total. The van der Waals surface area contributed by atoms with Gasteiger partial charge in [0.2, 0.25) is 5.91 Å². The predicted octanol–water partition coefficient (Wildman–Crippen LogP) is 2.84. The minimum Gasteiger partial charge on any atom is -0.356 e. The molecule has 4 fully saturated rings. The highest BCUT2D eigenvalue weighted by atomic mass is 16.2. The summed E-state index contributed by atoms with van der Waals surface area (Å²) in [5.74, 6) is 1.13. The number of nitrogens with two attached hydrogens (primary N) is 1. The number of amides is 1. The molecule has 20 heavy (non-hydrogen) atoms. The van der Waals surface area contributed by atoms with Crippen LogP contribution in [0.4, 0.5) is 0 Å². The standard InChI is InChI=1S/C17H30N2O/c1-15-7-13-8-16(2,10-15)12-17(9-13,11-15)14(20)19-6-4-3-5-18/h13H,3-12,18H2,1-2H3,(H,19,20). The molecular formula is C17H30N2O. The van der Waals surface area contributed by atoms with E-state index in [1.165, 1.54) is 19.3 Å². The van der Waals surface area contributed by atoms with Gasteiger partial charge < -0.3 is 11.1 Å². The third kappa shape index (κ3) is 2.38. The predicted molar refractivity (Wildman–Crippen MR) is 81.1 cm³/mol. The first-order chi connectivity index (χ1) is 9.39. The second kappa shape index (κ2) is 4.72. The lowest BCUT2D eigenvalue weighted by molar-refractivity contribution is -0.170. The lowest BCUT2D eigenvalue weighted by Gasteiger charge is -2.64. The van der Waals surface area contributed by atoms with Crippen LogP contribution in [0.1, 0.15) is 65.2 Å². The molecule has 1 amide bonds. The van der Waals surface area contributed by atoms with E-state index >= 15 is 0 Å². The summed E-state index contributed by atoms with van der Waals surface area (Å²) in [4.78, 5) is 12.8. The Bertz CT molecular complexity index is 388. The molecule has 0 aromatic heterocycles. The number of unbranched alkanes of at least 4 members (excludes halogenated alkanes) is 1. The molecule has 0 saturated heterocycles. The minimum atomic E-state index is -0.0500. The zero-order valence-corrected chi connectivity index (χ0v) is 13.1. The van der Waals surface area contributed by atoms with E-state index in [-0.39, 0.29) is 5.41 Å². The van der Waals surface area contributed by atoms with Gasteiger partial charge in [-0.25, -0.2) is 0 Å². The maximum atomic E-state index is 12.8. The van der Waals surface area contributed by atoms with Crippen molar-refractivity contribution < 1.29 is 4.79 Å². The van der Waals surface area contributed by atoms with Crippen molar-refractivity contribution in [1.29, 1.82) is 0 Å². The van der Waals surface area contributed by atoms with E-state index in [1.54, 1.807) is 0 Å². The van der Waals surface area contributed by atoms with Crippen molar-refractivity contribution in [3.8, 4) is 0 Å². The van der Waals surface area contributed by atoms with Crippen molar-refractivity contribution in [2.45, 2.75) is 65.2 Å². The lowest BCUT2D eigenvalue weighted by Crippen LogP contribution is -2.59. The molecule has 0 heterocycles. The first kappa shape index (κ1) is 14.4. The quantitative estimate of drug-likeness (QED) is 0.760. The molecule has 114 valence electrons. The van der Waals surface area contributed by atoms with E-state index in [2.05, 4.69) is 19.2 Å². The smallest absolute Gasteiger partial charge is 0.226 e. The largest absolute Gasteiger partial charge is 0.356 e. The molecule has 4 aliphatic carbocycles. The SMILES string of the molecule is CC12CC3CC(C)(C1)CC(C(=O)NCCCCN)(C3)C2. The molecule has 0 aromatic carbocycles. The number of hydrogen-bond donors (Lipinski definition) is 2. The van der Waals surface area contributed by atoms with E-state index < -0.39 is 0 Å². The Morgan fingerprint density at radius 3 is 2.30 bits per heavy atom. The average molecular weight is 278 g/mol. The summed E-state index contributed by atoms with van der Waals surface area (Å²) >= 11 is 0. The van der Waals surface area contributed by atoms with Crippen molar-refractivity contribution >= 4 is 5.91 Å². The Morgan fingerprint density at radius 2 is 1.75 bits per heavy atom. The third-order valence-corrected chi connectivity index (χ3v) is 6.02. The maximum Gasteiger partial charge on any atom is 0.226 e. The molecule has 2 atom stereocenters. The minimum absolute atomic E-state index is 0.0500. The van der Waals surface area contributed by atoms with Crippen LogP contribution in [0.3, 0.4) is 0 Å². The number of carbonyl (C=O) groups is 1. The van der Waals surface area contributed by atoms with Crippen molar-refractivity contribution in [2.75, 3.05) is 13.1 Å². The molecule has 4 rings (SSSR count). The van der Waals surface area contributed by atoms with E-state index in [0.717, 1.165) is 51.1 Å². The van der Waals surface area contributed by atoms with Gasteiger partial charge in [-0.1, -0.05) is 13.8 Å². The van der Waals surface area contributed by atoms with Gasteiger partial charge in [-0.15, -0.1) is 0 Å². The molecule has 2 unspecified atom stereocenters. The van der Waals surface area contributed by atoms with E-state index in [9.17, 15) is 4.79 Å². The summed E-state index contributed by atoms with van der Waals surface area (Å²) in [6.45, 7) is 6.37. The Hall–Kier alpha value is -0.570. The summed E-state index contributed by atoms with van der Waals surface area (Å²) in [5, 5.41) is 3.21. The van der Waals surface area contributed by atoms with Crippen LogP contribution in [0.2, 0.25) is 0 Å². The zero-order chi connectivity index (χ0) is 14.4. The maximum absolute atomic E-state index is 12.8. The van der Waals surface area contributed by atoms with Crippen LogP contribution in [0, 0.1) is 22.2 Å². The molecule has 0 spiro atoms. The highest BCUT2D eigenvalue weighted by Crippen LogP contribution is 2.69. The third-order valence-electron chi connectivity index (χ3n) is 6.02. The Kier molecular flexibility index (Phi) is 3.39. The summed E-state index contributed by atoms with van der Waals surface area (Å²) in [7, 11) is 0. The first-order valence-corrected chi connectivity index (χ1v) is 8.37. The second-order valence-electron chi connectivity index (χ2n) is 8.66. The molecule has 3 N–H and O–H groups in total. The fraction of sp³-hybridized carbons (Fsp3) is 0.941. The van der Waals surface area contributed by atoms with Gasteiger partial charge in [-0.05, 0) is 74.7 Å². The topological polar surface area (TPSA) is 55.1 Å². The molecule has 0 radical (unpaired) electrons. The molecular weight excluding hydrogens is 248 g/mol. The Labute approximate surface area is 123 Å². The summed E-state index contributed by atoms with van der Waals surface area (Å²) in [5.41, 5.74) is 6.30. The van der Waals surface area contributed by atoms with Crippen molar-refractivity contribution in [1.82, 2.24) is 5.32 Å². The molecule has 4 saturated carbocycles. The van der Waals surface area contributed by atoms with Crippen LogP contribution in [0.25, 0.3) is 0 Å². The molecule has 4 aliphatic rings. The van der Waals surface area contributed by atoms with Crippen molar-refractivity contribution in [2.24, 2.45) is 27.9 Å². The van der Waals surface area contributed by atoms with Crippen LogP contribution >= 0.6 is 0 Å². The Balaban J connectivity index is 1.70. The van der Waals surface area contributed by atoms with Gasteiger partial charge in [-0.3, -0.25) is 4.79 Å². The summed E-state index contributed by atoms with van der Waals surface area (Å²) in [6.07, 6.45) is 9.43. The number of nitrogens with one attached hydrogen (secondary N) is 1. The monoisotopic (exact) mass is 278 g/mol. The van der Waals surface area contributed by atoms with Crippen molar-refractivity contribution in [3.63, 3.8) is 0 Å². The second-order valence-corrected chi connectivity index (χ2v) is 8.66. The van der Waals surface area contributed by atoms with Crippen LogP contribution < -0.4 is 11.1 Å². The molecule has 3 heteroatoms. The summed E-state index contributed by atoms with van der Waals surface area (Å²) < 4.78 is 0. The highest BCUT2D eigenvalue weighted by Gasteiger charge is 2.62. The first-order valence-electron chi connectivity index (χ1n) is 8.37. The fourth-order valence-corrected chi connectivity index (χ4v) is 6.36.